The minimum atomic E-state index is -0.141. The fourth-order valence-electron chi connectivity index (χ4n) is 2.71. The summed E-state index contributed by atoms with van der Waals surface area (Å²) >= 11 is 1.36. The van der Waals surface area contributed by atoms with Gasteiger partial charge >= 0.3 is 0 Å². The average molecular weight is 398 g/mol. The Morgan fingerprint density at radius 2 is 1.71 bits per heavy atom. The molecule has 0 unspecified atom stereocenters. The van der Waals surface area contributed by atoms with Crippen molar-refractivity contribution in [1.82, 2.24) is 10.3 Å². The van der Waals surface area contributed by atoms with Gasteiger partial charge in [-0.05, 0) is 42.8 Å². The van der Waals surface area contributed by atoms with Crippen molar-refractivity contribution in [1.29, 1.82) is 0 Å². The molecule has 0 aliphatic carbocycles. The number of methoxy groups -OCH3 is 3. The molecule has 0 bridgehead atoms. The third-order valence-electron chi connectivity index (χ3n) is 4.25. The summed E-state index contributed by atoms with van der Waals surface area (Å²) in [5.74, 6) is 1.92. The van der Waals surface area contributed by atoms with Crippen molar-refractivity contribution in [3.8, 4) is 27.8 Å². The lowest BCUT2D eigenvalue weighted by Crippen LogP contribution is -2.22. The number of benzene rings is 2. The molecule has 0 atom stereocenters. The molecule has 6 nitrogen and oxygen atoms in total. The Bertz CT molecular complexity index is 967. The molecule has 1 heterocycles. The summed E-state index contributed by atoms with van der Waals surface area (Å²) < 4.78 is 15.8. The Morgan fingerprint density at radius 1 is 1.00 bits per heavy atom. The van der Waals surface area contributed by atoms with Gasteiger partial charge in [-0.2, -0.15) is 0 Å². The van der Waals surface area contributed by atoms with Crippen LogP contribution in [0.3, 0.4) is 0 Å². The second-order valence-electron chi connectivity index (χ2n) is 6.03. The number of hydrogen-bond acceptors (Lipinski definition) is 6. The van der Waals surface area contributed by atoms with Gasteiger partial charge in [-0.15, -0.1) is 11.3 Å². The lowest BCUT2D eigenvalue weighted by molar-refractivity contribution is 0.0954. The van der Waals surface area contributed by atoms with Crippen LogP contribution in [0.1, 0.15) is 20.9 Å². The summed E-state index contributed by atoms with van der Waals surface area (Å²) in [5, 5.41) is 3.70. The summed E-state index contributed by atoms with van der Waals surface area (Å²) in [4.78, 5) is 17.8. The van der Waals surface area contributed by atoms with Gasteiger partial charge in [-0.25, -0.2) is 4.98 Å². The van der Waals surface area contributed by atoms with Crippen LogP contribution in [-0.4, -0.2) is 32.2 Å². The minimum absolute atomic E-state index is 0.141. The maximum Gasteiger partial charge on any atom is 0.263 e. The number of hydrogen-bond donors (Lipinski definition) is 1. The Hall–Kier alpha value is -3.06. The molecule has 1 amide bonds. The number of carbonyl (C=O) groups excluding carboxylic acids is 1. The lowest BCUT2D eigenvalue weighted by atomic mass is 10.2. The van der Waals surface area contributed by atoms with E-state index in [0.717, 1.165) is 21.9 Å². The van der Waals surface area contributed by atoms with Crippen molar-refractivity contribution >= 4 is 17.2 Å². The molecule has 3 aromatic rings. The molecule has 0 aliphatic heterocycles. The predicted octanol–water partition coefficient (Wildman–Crippen LogP) is 4.07. The van der Waals surface area contributed by atoms with Crippen LogP contribution in [0.5, 0.6) is 17.2 Å². The van der Waals surface area contributed by atoms with Gasteiger partial charge in [-0.3, -0.25) is 4.79 Å². The minimum Gasteiger partial charge on any atom is -0.497 e. The molecule has 0 saturated carbocycles. The molecule has 0 fully saturated rings. The highest BCUT2D eigenvalue weighted by Crippen LogP contribution is 2.35. The maximum absolute atomic E-state index is 12.6. The number of nitrogens with one attached hydrogen (secondary N) is 1. The van der Waals surface area contributed by atoms with Crippen molar-refractivity contribution in [2.24, 2.45) is 0 Å². The van der Waals surface area contributed by atoms with E-state index in [1.807, 2.05) is 49.4 Å². The van der Waals surface area contributed by atoms with Gasteiger partial charge < -0.3 is 19.5 Å². The molecule has 7 heteroatoms. The lowest BCUT2D eigenvalue weighted by Gasteiger charge is -2.08. The molecule has 0 saturated heterocycles. The van der Waals surface area contributed by atoms with Crippen LogP contribution >= 0.6 is 11.3 Å². The van der Waals surface area contributed by atoms with Crippen LogP contribution in [-0.2, 0) is 6.54 Å². The van der Waals surface area contributed by atoms with Crippen LogP contribution in [0.2, 0.25) is 0 Å². The van der Waals surface area contributed by atoms with Gasteiger partial charge in [0.05, 0.1) is 27.0 Å². The predicted molar refractivity (Wildman–Crippen MR) is 110 cm³/mol. The summed E-state index contributed by atoms with van der Waals surface area (Å²) in [6.45, 7) is 2.27. The van der Waals surface area contributed by atoms with E-state index in [2.05, 4.69) is 10.3 Å². The first kappa shape index (κ1) is 19.7. The second kappa shape index (κ2) is 8.75. The van der Waals surface area contributed by atoms with E-state index in [9.17, 15) is 4.79 Å². The number of thiazole rings is 1. The van der Waals surface area contributed by atoms with Crippen molar-refractivity contribution in [3.05, 3.63) is 58.6 Å². The normalized spacial score (nSPS) is 10.4. The zero-order valence-electron chi connectivity index (χ0n) is 16.2. The standard InChI is InChI=1S/C21H22N2O4S/c1-13-19(20(24)22-12-14-5-8-16(25-2)9-6-14)28-21(23-13)15-7-10-17(26-3)18(11-15)27-4/h5-11H,12H2,1-4H3,(H,22,24). The Kier molecular flexibility index (Phi) is 6.16. The Labute approximate surface area is 168 Å². The van der Waals surface area contributed by atoms with Gasteiger partial charge in [-0.1, -0.05) is 12.1 Å². The number of amides is 1. The molecule has 0 aliphatic rings. The molecular formula is C21H22N2O4S. The van der Waals surface area contributed by atoms with E-state index in [1.165, 1.54) is 11.3 Å². The molecule has 146 valence electrons. The maximum atomic E-state index is 12.6. The van der Waals surface area contributed by atoms with E-state index >= 15 is 0 Å². The molecule has 1 aromatic heterocycles. The fraction of sp³-hybridized carbons (Fsp3) is 0.238. The highest BCUT2D eigenvalue weighted by Gasteiger charge is 2.17. The van der Waals surface area contributed by atoms with Crippen molar-refractivity contribution in [2.45, 2.75) is 13.5 Å². The van der Waals surface area contributed by atoms with Crippen LogP contribution in [0.4, 0.5) is 0 Å². The summed E-state index contributed by atoms with van der Waals surface area (Å²) in [6.07, 6.45) is 0. The first-order valence-corrected chi connectivity index (χ1v) is 9.48. The third kappa shape index (κ3) is 4.26. The highest BCUT2D eigenvalue weighted by atomic mass is 32.1. The second-order valence-corrected chi connectivity index (χ2v) is 7.03. The largest absolute Gasteiger partial charge is 0.497 e. The molecule has 28 heavy (non-hydrogen) atoms. The Balaban J connectivity index is 1.74. The van der Waals surface area contributed by atoms with Gasteiger partial charge in [0.1, 0.15) is 15.6 Å². The number of ether oxygens (including phenoxy) is 3. The smallest absolute Gasteiger partial charge is 0.263 e. The molecule has 3 rings (SSSR count). The molecule has 0 spiro atoms. The van der Waals surface area contributed by atoms with Gasteiger partial charge in [0.2, 0.25) is 0 Å². The fourth-order valence-corrected chi connectivity index (χ4v) is 3.68. The highest BCUT2D eigenvalue weighted by molar-refractivity contribution is 7.17. The van der Waals surface area contributed by atoms with E-state index in [1.54, 1.807) is 21.3 Å². The zero-order valence-corrected chi connectivity index (χ0v) is 17.1. The van der Waals surface area contributed by atoms with Gasteiger partial charge in [0.25, 0.3) is 5.91 Å². The molecule has 0 radical (unpaired) electrons. The summed E-state index contributed by atoms with van der Waals surface area (Å²) in [6, 6.07) is 13.2. The van der Waals surface area contributed by atoms with E-state index < -0.39 is 0 Å². The first-order chi connectivity index (χ1) is 13.5. The Morgan fingerprint density at radius 3 is 2.36 bits per heavy atom. The number of rotatable bonds is 7. The zero-order chi connectivity index (χ0) is 20.1. The van der Waals surface area contributed by atoms with Gasteiger partial charge in [0.15, 0.2) is 11.5 Å². The van der Waals surface area contributed by atoms with Crippen molar-refractivity contribution in [2.75, 3.05) is 21.3 Å². The first-order valence-electron chi connectivity index (χ1n) is 8.66. The van der Waals surface area contributed by atoms with E-state index in [-0.39, 0.29) is 5.91 Å². The summed E-state index contributed by atoms with van der Waals surface area (Å²) in [7, 11) is 4.81. The molecule has 2 aromatic carbocycles. The summed E-state index contributed by atoms with van der Waals surface area (Å²) in [5.41, 5.74) is 2.57. The SMILES string of the molecule is COc1ccc(CNC(=O)c2sc(-c3ccc(OC)c(OC)c3)nc2C)cc1. The number of aryl methyl sites for hydroxylation is 1. The van der Waals surface area contributed by atoms with E-state index in [0.29, 0.717) is 28.6 Å². The van der Waals surface area contributed by atoms with Crippen molar-refractivity contribution in [3.63, 3.8) is 0 Å². The van der Waals surface area contributed by atoms with Gasteiger partial charge in [0, 0.05) is 12.1 Å². The van der Waals surface area contributed by atoms with Crippen LogP contribution < -0.4 is 19.5 Å². The average Bonchev–Trinajstić information content (AvgIpc) is 3.13. The number of carbonyl (C=O) groups is 1. The third-order valence-corrected chi connectivity index (χ3v) is 5.45. The quantitative estimate of drug-likeness (QED) is 0.650. The monoisotopic (exact) mass is 398 g/mol. The van der Waals surface area contributed by atoms with Crippen molar-refractivity contribution < 1.29 is 19.0 Å². The van der Waals surface area contributed by atoms with Crippen LogP contribution in [0.15, 0.2) is 42.5 Å². The topological polar surface area (TPSA) is 69.7 Å². The van der Waals surface area contributed by atoms with Crippen LogP contribution in [0.25, 0.3) is 10.6 Å². The number of aromatic nitrogens is 1. The van der Waals surface area contributed by atoms with E-state index in [4.69, 9.17) is 14.2 Å². The van der Waals surface area contributed by atoms with Crippen LogP contribution in [0, 0.1) is 6.92 Å². The molecule has 1 N–H and O–H groups in total. The molecular weight excluding hydrogens is 376 g/mol. The number of nitrogens with zero attached hydrogens (tertiary/aromatic N) is 1.